The van der Waals surface area contributed by atoms with Gasteiger partial charge in [0.25, 0.3) is 15.9 Å². The van der Waals surface area contributed by atoms with Crippen LogP contribution in [0.4, 0.5) is 5.69 Å². The van der Waals surface area contributed by atoms with Crippen molar-refractivity contribution in [3.8, 4) is 0 Å². The molecule has 6 nitrogen and oxygen atoms in total. The van der Waals surface area contributed by atoms with Gasteiger partial charge in [0.1, 0.15) is 9.77 Å². The summed E-state index contributed by atoms with van der Waals surface area (Å²) in [6.45, 7) is 5.45. The molecule has 1 heterocycles. The molecular weight excluding hydrogens is 360 g/mol. The van der Waals surface area contributed by atoms with Gasteiger partial charge in [0.05, 0.1) is 0 Å². The predicted octanol–water partition coefficient (Wildman–Crippen LogP) is 3.01. The van der Waals surface area contributed by atoms with E-state index in [9.17, 15) is 13.2 Å². The summed E-state index contributed by atoms with van der Waals surface area (Å²) in [7, 11) is -3.82. The fourth-order valence-electron chi connectivity index (χ4n) is 2.11. The normalized spacial score (nSPS) is 11.3. The summed E-state index contributed by atoms with van der Waals surface area (Å²) in [5, 5.41) is 4.32. The Kier molecular flexibility index (Phi) is 6.98. The molecule has 0 spiro atoms. The number of nitrogens with one attached hydrogen (secondary N) is 2. The van der Waals surface area contributed by atoms with Crippen molar-refractivity contribution in [3.05, 3.63) is 46.2 Å². The highest BCUT2D eigenvalue weighted by Crippen LogP contribution is 2.24. The molecular formula is C17H22N2O4S2. The van der Waals surface area contributed by atoms with Gasteiger partial charge in [0, 0.05) is 25.4 Å². The van der Waals surface area contributed by atoms with Gasteiger partial charge in [-0.05, 0) is 43.8 Å². The van der Waals surface area contributed by atoms with Crippen molar-refractivity contribution >= 4 is 33.0 Å². The molecule has 0 saturated carbocycles. The Morgan fingerprint density at radius 3 is 2.60 bits per heavy atom. The van der Waals surface area contributed by atoms with E-state index in [-0.39, 0.29) is 9.77 Å². The van der Waals surface area contributed by atoms with Crippen molar-refractivity contribution < 1.29 is 17.9 Å². The Morgan fingerprint density at radius 1 is 1.20 bits per heavy atom. The Hall–Kier alpha value is -1.90. The van der Waals surface area contributed by atoms with Gasteiger partial charge in [-0.2, -0.15) is 0 Å². The Morgan fingerprint density at radius 2 is 1.92 bits per heavy atom. The summed E-state index contributed by atoms with van der Waals surface area (Å²) < 4.78 is 32.9. The highest BCUT2D eigenvalue weighted by atomic mass is 32.2. The van der Waals surface area contributed by atoms with Crippen molar-refractivity contribution in [3.63, 3.8) is 0 Å². The van der Waals surface area contributed by atoms with Crippen LogP contribution in [0.1, 0.15) is 28.6 Å². The van der Waals surface area contributed by atoms with Crippen LogP contribution in [-0.2, 0) is 14.8 Å². The molecule has 0 saturated heterocycles. The van der Waals surface area contributed by atoms with Gasteiger partial charge in [-0.1, -0.05) is 17.7 Å². The van der Waals surface area contributed by atoms with Crippen molar-refractivity contribution in [2.45, 2.75) is 25.2 Å². The first-order chi connectivity index (χ1) is 11.9. The van der Waals surface area contributed by atoms with E-state index in [4.69, 9.17) is 4.74 Å². The molecule has 0 radical (unpaired) electrons. The monoisotopic (exact) mass is 382 g/mol. The molecule has 2 aromatic rings. The lowest BCUT2D eigenvalue weighted by Gasteiger charge is -2.09. The first-order valence-electron chi connectivity index (χ1n) is 7.97. The fraction of sp³-hybridized carbons (Fsp3) is 0.353. The van der Waals surface area contributed by atoms with Crippen molar-refractivity contribution in [1.29, 1.82) is 0 Å². The van der Waals surface area contributed by atoms with E-state index in [0.717, 1.165) is 16.9 Å². The Bertz CT molecular complexity index is 798. The summed E-state index contributed by atoms with van der Waals surface area (Å²) in [5.41, 5.74) is 1.49. The number of carbonyl (C=O) groups excluding carboxylic acids is 1. The minimum Gasteiger partial charge on any atom is -0.382 e. The smallest absolute Gasteiger partial charge is 0.263 e. The van der Waals surface area contributed by atoms with Crippen LogP contribution in [0.25, 0.3) is 0 Å². The molecule has 0 fully saturated rings. The van der Waals surface area contributed by atoms with Crippen LogP contribution in [-0.4, -0.2) is 34.1 Å². The average molecular weight is 383 g/mol. The van der Waals surface area contributed by atoms with E-state index in [1.54, 1.807) is 17.5 Å². The van der Waals surface area contributed by atoms with E-state index in [2.05, 4.69) is 10.0 Å². The van der Waals surface area contributed by atoms with Crippen LogP contribution in [0.3, 0.4) is 0 Å². The third kappa shape index (κ3) is 5.55. The van der Waals surface area contributed by atoms with Gasteiger partial charge in [-0.3, -0.25) is 9.52 Å². The molecule has 136 valence electrons. The number of anilines is 1. The van der Waals surface area contributed by atoms with Crippen molar-refractivity contribution in [2.75, 3.05) is 24.5 Å². The van der Waals surface area contributed by atoms with E-state index in [1.807, 2.05) is 26.0 Å². The number of aryl methyl sites for hydroxylation is 1. The minimum absolute atomic E-state index is 0.0135. The number of benzene rings is 1. The Balaban J connectivity index is 2.06. The molecule has 1 amide bonds. The topological polar surface area (TPSA) is 84.5 Å². The summed E-state index contributed by atoms with van der Waals surface area (Å²) >= 11 is 1.10. The van der Waals surface area contributed by atoms with Crippen molar-refractivity contribution in [1.82, 2.24) is 5.32 Å². The van der Waals surface area contributed by atoms with Gasteiger partial charge in [-0.15, -0.1) is 11.3 Å². The van der Waals surface area contributed by atoms with Crippen LogP contribution in [0.2, 0.25) is 0 Å². The average Bonchev–Trinajstić information content (AvgIpc) is 3.07. The number of thiophene rings is 1. The van der Waals surface area contributed by atoms with E-state index < -0.39 is 15.9 Å². The molecule has 0 aliphatic carbocycles. The summed E-state index contributed by atoms with van der Waals surface area (Å²) in [6.07, 6.45) is 0.675. The molecule has 0 atom stereocenters. The summed E-state index contributed by atoms with van der Waals surface area (Å²) in [4.78, 5) is 12.4. The maximum absolute atomic E-state index is 12.6. The van der Waals surface area contributed by atoms with Gasteiger partial charge in [-0.25, -0.2) is 8.42 Å². The number of carbonyl (C=O) groups is 1. The fourth-order valence-corrected chi connectivity index (χ4v) is 4.51. The number of rotatable bonds is 9. The highest BCUT2D eigenvalue weighted by molar-refractivity contribution is 7.93. The lowest BCUT2D eigenvalue weighted by atomic mass is 10.2. The zero-order valence-corrected chi connectivity index (χ0v) is 15.9. The van der Waals surface area contributed by atoms with Crippen LogP contribution >= 0.6 is 11.3 Å². The van der Waals surface area contributed by atoms with Gasteiger partial charge in [0.15, 0.2) is 0 Å². The standard InChI is InChI=1S/C17H22N2O4S2/c1-3-23-11-4-10-18-17(20)16-15(9-12-24-16)25(21,22)19-14-7-5-13(2)6-8-14/h5-9,12,19H,3-4,10-11H2,1-2H3,(H,18,20). The molecule has 25 heavy (non-hydrogen) atoms. The van der Waals surface area contributed by atoms with E-state index in [0.29, 0.717) is 31.9 Å². The van der Waals surface area contributed by atoms with Gasteiger partial charge < -0.3 is 10.1 Å². The third-order valence-corrected chi connectivity index (χ3v) is 5.85. The van der Waals surface area contributed by atoms with Gasteiger partial charge in [0.2, 0.25) is 0 Å². The molecule has 8 heteroatoms. The maximum Gasteiger partial charge on any atom is 0.263 e. The van der Waals surface area contributed by atoms with E-state index in [1.165, 1.54) is 6.07 Å². The van der Waals surface area contributed by atoms with Crippen LogP contribution in [0.5, 0.6) is 0 Å². The second-order valence-corrected chi connectivity index (χ2v) is 7.96. The van der Waals surface area contributed by atoms with Crippen LogP contribution in [0.15, 0.2) is 40.6 Å². The molecule has 0 bridgehead atoms. The van der Waals surface area contributed by atoms with Crippen LogP contribution in [0, 0.1) is 6.92 Å². The molecule has 0 aliphatic rings. The number of amides is 1. The first-order valence-corrected chi connectivity index (χ1v) is 10.3. The molecule has 0 unspecified atom stereocenters. The third-order valence-electron chi connectivity index (χ3n) is 3.38. The number of hydrogen-bond donors (Lipinski definition) is 2. The lowest BCUT2D eigenvalue weighted by molar-refractivity contribution is 0.0945. The largest absolute Gasteiger partial charge is 0.382 e. The zero-order chi connectivity index (χ0) is 18.3. The zero-order valence-electron chi connectivity index (χ0n) is 14.2. The Labute approximate surface area is 152 Å². The molecule has 1 aromatic heterocycles. The quantitative estimate of drug-likeness (QED) is 0.653. The lowest BCUT2D eigenvalue weighted by Crippen LogP contribution is -2.26. The van der Waals surface area contributed by atoms with Crippen LogP contribution < -0.4 is 10.0 Å². The second-order valence-electron chi connectivity index (χ2n) is 5.39. The maximum atomic E-state index is 12.6. The highest BCUT2D eigenvalue weighted by Gasteiger charge is 2.24. The number of hydrogen-bond acceptors (Lipinski definition) is 5. The van der Waals surface area contributed by atoms with Gasteiger partial charge >= 0.3 is 0 Å². The van der Waals surface area contributed by atoms with Crippen molar-refractivity contribution in [2.24, 2.45) is 0 Å². The number of ether oxygens (including phenoxy) is 1. The second kappa shape index (κ2) is 8.98. The van der Waals surface area contributed by atoms with E-state index >= 15 is 0 Å². The predicted molar refractivity (Wildman–Crippen MR) is 99.7 cm³/mol. The molecule has 1 aromatic carbocycles. The molecule has 2 rings (SSSR count). The molecule has 0 aliphatic heterocycles. The number of sulfonamides is 1. The molecule has 2 N–H and O–H groups in total. The summed E-state index contributed by atoms with van der Waals surface area (Å²) in [6, 6.07) is 8.45. The minimum atomic E-state index is -3.82. The summed E-state index contributed by atoms with van der Waals surface area (Å²) in [5.74, 6) is -0.393. The SMILES string of the molecule is CCOCCCNC(=O)c1sccc1S(=O)(=O)Nc1ccc(C)cc1. The first kappa shape index (κ1) is 19.4.